The van der Waals surface area contributed by atoms with E-state index in [0.717, 1.165) is 35.7 Å². The summed E-state index contributed by atoms with van der Waals surface area (Å²) >= 11 is 0. The van der Waals surface area contributed by atoms with E-state index >= 15 is 0 Å². The predicted octanol–water partition coefficient (Wildman–Crippen LogP) is 2.88. The molecule has 0 N–H and O–H groups in total. The van der Waals surface area contributed by atoms with Crippen LogP contribution in [-0.2, 0) is 13.2 Å². The molecule has 2 aromatic rings. The first-order valence-electron chi connectivity index (χ1n) is 6.28. The van der Waals surface area contributed by atoms with Gasteiger partial charge in [0.15, 0.2) is 5.82 Å². The van der Waals surface area contributed by atoms with Crippen molar-refractivity contribution in [3.63, 3.8) is 0 Å². The van der Waals surface area contributed by atoms with Gasteiger partial charge in [-0.05, 0) is 31.4 Å². The second kappa shape index (κ2) is 5.67. The Bertz CT molecular complexity index is 499. The Labute approximate surface area is 108 Å². The molecule has 0 spiro atoms. The van der Waals surface area contributed by atoms with Gasteiger partial charge in [0, 0.05) is 6.54 Å². The number of nitrogens with zero attached hydrogens (tertiary/aromatic N) is 3. The first-order valence-corrected chi connectivity index (χ1v) is 6.28. The van der Waals surface area contributed by atoms with Crippen LogP contribution in [0.15, 0.2) is 24.5 Å². The lowest BCUT2D eigenvalue weighted by molar-refractivity contribution is 0.282. The molecule has 0 unspecified atom stereocenters. The van der Waals surface area contributed by atoms with Crippen LogP contribution >= 0.6 is 0 Å². The van der Waals surface area contributed by atoms with E-state index in [1.165, 1.54) is 0 Å². The zero-order valence-corrected chi connectivity index (χ0v) is 11.2. The molecular formula is C14H19N3O. The van der Waals surface area contributed by atoms with Crippen molar-refractivity contribution in [1.29, 1.82) is 0 Å². The Morgan fingerprint density at radius 3 is 2.61 bits per heavy atom. The predicted molar refractivity (Wildman–Crippen MR) is 70.6 cm³/mol. The fourth-order valence-corrected chi connectivity index (χ4v) is 1.96. The summed E-state index contributed by atoms with van der Waals surface area (Å²) in [4.78, 5) is 4.24. The first-order chi connectivity index (χ1) is 8.72. The number of aromatic nitrogens is 3. The summed E-state index contributed by atoms with van der Waals surface area (Å²) in [5.41, 5.74) is 2.30. The smallest absolute Gasteiger partial charge is 0.164 e. The topological polar surface area (TPSA) is 39.9 Å². The minimum Gasteiger partial charge on any atom is -0.485 e. The van der Waals surface area contributed by atoms with Gasteiger partial charge in [0.05, 0.1) is 0 Å². The Balaban J connectivity index is 2.09. The molecule has 96 valence electrons. The number of benzene rings is 1. The minimum atomic E-state index is 0.464. The molecule has 0 saturated carbocycles. The molecule has 1 aromatic heterocycles. The van der Waals surface area contributed by atoms with Crippen molar-refractivity contribution >= 4 is 0 Å². The van der Waals surface area contributed by atoms with Gasteiger partial charge in [-0.2, -0.15) is 5.10 Å². The molecular weight excluding hydrogens is 226 g/mol. The fourth-order valence-electron chi connectivity index (χ4n) is 1.96. The average Bonchev–Trinajstić information content (AvgIpc) is 2.77. The van der Waals surface area contributed by atoms with Crippen molar-refractivity contribution in [3.8, 4) is 5.75 Å². The molecule has 0 fully saturated rings. The molecule has 0 aliphatic heterocycles. The number of rotatable bonds is 5. The van der Waals surface area contributed by atoms with Crippen LogP contribution in [0.5, 0.6) is 5.75 Å². The summed E-state index contributed by atoms with van der Waals surface area (Å²) in [5.74, 6) is 1.82. The lowest BCUT2D eigenvalue weighted by atomic mass is 10.1. The van der Waals surface area contributed by atoms with Crippen molar-refractivity contribution in [1.82, 2.24) is 14.8 Å². The Hall–Kier alpha value is -1.84. The van der Waals surface area contributed by atoms with Crippen LogP contribution in [-0.4, -0.2) is 14.8 Å². The van der Waals surface area contributed by atoms with E-state index < -0.39 is 0 Å². The van der Waals surface area contributed by atoms with E-state index in [0.29, 0.717) is 6.61 Å². The summed E-state index contributed by atoms with van der Waals surface area (Å²) in [7, 11) is 0. The van der Waals surface area contributed by atoms with Crippen molar-refractivity contribution in [2.24, 2.45) is 0 Å². The largest absolute Gasteiger partial charge is 0.485 e. The van der Waals surface area contributed by atoms with Gasteiger partial charge in [-0.3, -0.25) is 0 Å². The maximum absolute atomic E-state index is 5.88. The highest BCUT2D eigenvalue weighted by molar-refractivity contribution is 5.39. The molecule has 1 aromatic carbocycles. The van der Waals surface area contributed by atoms with E-state index in [1.54, 1.807) is 6.33 Å². The van der Waals surface area contributed by atoms with E-state index in [1.807, 2.05) is 10.7 Å². The molecule has 0 atom stereocenters. The molecule has 0 amide bonds. The van der Waals surface area contributed by atoms with Gasteiger partial charge in [0.25, 0.3) is 0 Å². The molecule has 0 bridgehead atoms. The Morgan fingerprint density at radius 1 is 1.22 bits per heavy atom. The van der Waals surface area contributed by atoms with Gasteiger partial charge < -0.3 is 4.74 Å². The lowest BCUT2D eigenvalue weighted by Crippen LogP contribution is -2.09. The zero-order chi connectivity index (χ0) is 13.0. The first kappa shape index (κ1) is 12.6. The van der Waals surface area contributed by atoms with Gasteiger partial charge in [-0.1, -0.05) is 25.1 Å². The minimum absolute atomic E-state index is 0.464. The van der Waals surface area contributed by atoms with Crippen molar-refractivity contribution in [2.75, 3.05) is 0 Å². The third kappa shape index (κ3) is 2.70. The molecule has 4 heteroatoms. The highest BCUT2D eigenvalue weighted by Crippen LogP contribution is 2.23. The van der Waals surface area contributed by atoms with Crippen molar-refractivity contribution in [2.45, 2.75) is 40.3 Å². The Kier molecular flexibility index (Phi) is 3.97. The maximum atomic E-state index is 5.88. The van der Waals surface area contributed by atoms with Gasteiger partial charge in [-0.25, -0.2) is 9.67 Å². The quantitative estimate of drug-likeness (QED) is 0.813. The SMILES string of the molecule is CCCn1ncnc1COc1c(C)cccc1C. The molecule has 1 heterocycles. The number of para-hydroxylation sites is 1. The third-order valence-electron chi connectivity index (χ3n) is 2.89. The molecule has 4 nitrogen and oxygen atoms in total. The van der Waals surface area contributed by atoms with Crippen LogP contribution in [0.25, 0.3) is 0 Å². The number of hydrogen-bond acceptors (Lipinski definition) is 3. The summed E-state index contributed by atoms with van der Waals surface area (Å²) in [5, 5.41) is 4.19. The van der Waals surface area contributed by atoms with Crippen LogP contribution in [0.1, 0.15) is 30.3 Å². The van der Waals surface area contributed by atoms with E-state index in [4.69, 9.17) is 4.74 Å². The second-order valence-electron chi connectivity index (χ2n) is 4.41. The van der Waals surface area contributed by atoms with Crippen molar-refractivity contribution < 1.29 is 4.74 Å². The van der Waals surface area contributed by atoms with E-state index in [9.17, 15) is 0 Å². The molecule has 0 radical (unpaired) electrons. The molecule has 2 rings (SSSR count). The number of ether oxygens (including phenoxy) is 1. The summed E-state index contributed by atoms with van der Waals surface area (Å²) in [6.07, 6.45) is 2.62. The highest BCUT2D eigenvalue weighted by atomic mass is 16.5. The van der Waals surface area contributed by atoms with Crippen LogP contribution < -0.4 is 4.74 Å². The van der Waals surface area contributed by atoms with E-state index in [-0.39, 0.29) is 0 Å². The molecule has 0 saturated heterocycles. The number of aryl methyl sites for hydroxylation is 3. The number of hydrogen-bond donors (Lipinski definition) is 0. The summed E-state index contributed by atoms with van der Waals surface area (Å²) in [6.45, 7) is 7.58. The van der Waals surface area contributed by atoms with Crippen LogP contribution in [0.4, 0.5) is 0 Å². The fraction of sp³-hybridized carbons (Fsp3) is 0.429. The standard InChI is InChI=1S/C14H19N3O/c1-4-8-17-13(15-10-16-17)9-18-14-11(2)6-5-7-12(14)3/h5-7,10H,4,8-9H2,1-3H3. The molecule has 0 aliphatic rings. The van der Waals surface area contributed by atoms with Gasteiger partial charge in [0.2, 0.25) is 0 Å². The summed E-state index contributed by atoms with van der Waals surface area (Å²) in [6, 6.07) is 6.15. The second-order valence-corrected chi connectivity index (χ2v) is 4.41. The average molecular weight is 245 g/mol. The Morgan fingerprint density at radius 2 is 1.94 bits per heavy atom. The maximum Gasteiger partial charge on any atom is 0.164 e. The monoisotopic (exact) mass is 245 g/mol. The summed E-state index contributed by atoms with van der Waals surface area (Å²) < 4.78 is 7.77. The highest BCUT2D eigenvalue weighted by Gasteiger charge is 2.07. The molecule has 0 aliphatic carbocycles. The van der Waals surface area contributed by atoms with Crippen molar-refractivity contribution in [3.05, 3.63) is 41.5 Å². The van der Waals surface area contributed by atoms with Crippen LogP contribution in [0, 0.1) is 13.8 Å². The van der Waals surface area contributed by atoms with Gasteiger partial charge in [0.1, 0.15) is 18.7 Å². The molecule has 18 heavy (non-hydrogen) atoms. The third-order valence-corrected chi connectivity index (χ3v) is 2.89. The van der Waals surface area contributed by atoms with Crippen LogP contribution in [0.3, 0.4) is 0 Å². The lowest BCUT2D eigenvalue weighted by Gasteiger charge is -2.11. The normalized spacial score (nSPS) is 10.6. The van der Waals surface area contributed by atoms with E-state index in [2.05, 4.69) is 43.0 Å². The van der Waals surface area contributed by atoms with Gasteiger partial charge >= 0.3 is 0 Å². The van der Waals surface area contributed by atoms with Gasteiger partial charge in [-0.15, -0.1) is 0 Å². The zero-order valence-electron chi connectivity index (χ0n) is 11.2. The van der Waals surface area contributed by atoms with Crippen LogP contribution in [0.2, 0.25) is 0 Å².